The van der Waals surface area contributed by atoms with E-state index >= 15 is 0 Å². The molecule has 0 amide bonds. The summed E-state index contributed by atoms with van der Waals surface area (Å²) in [4.78, 5) is 120. The largest absolute Gasteiger partial charge is 0.509 e. The number of carbonyl (C=O) groups is 5. The molecule has 0 spiro atoms. The normalized spacial score (nSPS) is 24.3. The highest BCUT2D eigenvalue weighted by Gasteiger charge is 2.63. The Hall–Kier alpha value is -16.2. The van der Waals surface area contributed by atoms with Crippen LogP contribution in [0.1, 0.15) is 89.4 Å². The van der Waals surface area contributed by atoms with Crippen LogP contribution < -0.4 is 47.1 Å². The van der Waals surface area contributed by atoms with E-state index in [4.69, 9.17) is 122 Å². The molecule has 8 aliphatic rings. The minimum Gasteiger partial charge on any atom is -0.508 e. The molecule has 774 valence electrons. The van der Waals surface area contributed by atoms with E-state index in [1.807, 2.05) is 83.1 Å². The van der Waals surface area contributed by atoms with Gasteiger partial charge in [0.1, 0.15) is 86.6 Å². The van der Waals surface area contributed by atoms with E-state index in [9.17, 15) is 63.3 Å². The minimum atomic E-state index is -1.03. The van der Waals surface area contributed by atoms with Gasteiger partial charge in [0.2, 0.25) is 61.0 Å². The maximum Gasteiger partial charge on any atom is 0.509 e. The SMILES string of the molecule is CCOC(=O)c1cc2ccc(OC3OC(C)(C)[C@H](OC)[C@@H]4OC(=O)O[C@H]34)cc2oc1=O.CO[C@@H]1[C@@H]2OC(=O)O[C@@H]2C(Oc2ccc3c(C)c(-c4ccccc4)c(=O)oc3c2)OC1(C)C.CO[C@@H]1[C@@H]2OC(=O)O[C@@H]2C(Oc2ccc3c(O)c(N=Nc4ccccc4)c(=O)oc3c2C)OC1(C)C.CO[C@@H]1[C@@H]2OC(=O)O[C@@H]2C(Oc2ccc3ccc(=O)oc3c2)OC1(C)C.Cc1c(O)ccc2c(O)c(N=Nc3ccccc3)c(=O)oc12. The lowest BCUT2D eigenvalue weighted by Crippen LogP contribution is -2.62. The third kappa shape index (κ3) is 21.2. The molecule has 16 atom stereocenters. The van der Waals surface area contributed by atoms with Crippen LogP contribution in [-0.4, -0.2) is 202 Å². The van der Waals surface area contributed by atoms with Crippen molar-refractivity contribution >= 4 is 108 Å². The topological polar surface area (TPSA) is 540 Å². The number of fused-ring (bicyclic) bond motifs is 9. The third-order valence-corrected chi connectivity index (χ3v) is 25.4. The number of ether oxygens (including phenoxy) is 21. The van der Waals surface area contributed by atoms with Crippen molar-refractivity contribution in [3.05, 3.63) is 262 Å². The van der Waals surface area contributed by atoms with Crippen LogP contribution >= 0.6 is 0 Å². The van der Waals surface area contributed by atoms with Gasteiger partial charge in [-0.2, -0.15) is 10.2 Å². The van der Waals surface area contributed by atoms with E-state index in [1.165, 1.54) is 64.8 Å². The molecule has 148 heavy (non-hydrogen) atoms. The molecule has 3 N–H and O–H groups in total. The van der Waals surface area contributed by atoms with Gasteiger partial charge in [-0.15, -0.1) is 10.2 Å². The zero-order valence-electron chi connectivity index (χ0n) is 82.2. The van der Waals surface area contributed by atoms with Crippen molar-refractivity contribution < 1.29 is 161 Å². The van der Waals surface area contributed by atoms with Crippen LogP contribution in [0.25, 0.3) is 66.0 Å². The molecule has 0 bridgehead atoms. The van der Waals surface area contributed by atoms with E-state index < -0.39 is 180 Å². The summed E-state index contributed by atoms with van der Waals surface area (Å²) in [5.74, 6) is -0.0614. The first-order chi connectivity index (χ1) is 70.6. The number of nitrogens with zero attached hydrogens (tertiary/aromatic N) is 4. The zero-order chi connectivity index (χ0) is 105. The van der Waals surface area contributed by atoms with E-state index in [0.717, 1.165) is 21.9 Å². The minimum absolute atomic E-state index is 0.0197. The van der Waals surface area contributed by atoms with Crippen LogP contribution in [0.4, 0.5) is 41.9 Å². The van der Waals surface area contributed by atoms with Crippen LogP contribution in [0.2, 0.25) is 0 Å². The Morgan fingerprint density at radius 3 is 1.15 bits per heavy atom. The van der Waals surface area contributed by atoms with Crippen LogP contribution in [0, 0.1) is 20.8 Å². The molecule has 0 radical (unpaired) electrons. The molecule has 8 fully saturated rings. The van der Waals surface area contributed by atoms with E-state index in [0.29, 0.717) is 67.6 Å². The Labute approximate surface area is 838 Å². The second kappa shape index (κ2) is 42.1. The zero-order valence-corrected chi connectivity index (χ0v) is 82.2. The molecular weight excluding hydrogens is 1940 g/mol. The molecule has 0 saturated carbocycles. The van der Waals surface area contributed by atoms with E-state index in [1.54, 1.807) is 152 Å². The standard InChI is InChI=1S/C25H24N2O9.C25H24O8.C21H22O10.C18H18O8.C16H12N2O4/c1-12-15(32-23-20-19(34-24(30)35-20)21(31-4)25(2,3)36-23)11-10-14-17(28)16(22(29)33-18(12)14)27-26-13-8-6-5-7-9-13;1-13-16-11-10-15(12-17(16)30-22(26)18(13)14-8-6-5-7-9-14)29-23-20-19(31-24(27)32-20)21(28-4)25(2,3)33-23;1-5-26-17(22)12-8-10-6-7-11(9-13(10)28-18(12)23)27-19-15-14(29-20(24)30-15)16(25-4)21(2,3)31-19;1-18(2)15(21-3)13-14(25-17(20)24-13)16(26-18)22-10-6-4-9-5-7-12(19)23-11(9)8-10;1-9-12(19)8-7-11-14(20)13(16(21)22-15(9)11)18-17-10-5-3-2-4-6-10/h5-11,19-21,23,28H,1-4H3;5-12,19-21,23H,1-4H3;6-9,14-16,19H,5H2,1-4H3;4-8,13-16H,1-3H3;2-8,19-20H,1H3/t2*19-,20+,21-,23?;14-,15+,16-,19?;13-,14+,15-,16?;/m1111./s1. The van der Waals surface area contributed by atoms with Crippen molar-refractivity contribution in [2.75, 3.05) is 35.0 Å². The van der Waals surface area contributed by atoms with Crippen molar-refractivity contribution in [1.82, 2.24) is 0 Å². The molecule has 0 aliphatic carbocycles. The average Bonchev–Trinajstić information content (AvgIpc) is 0.972. The molecule has 8 aromatic carbocycles. The van der Waals surface area contributed by atoms with Gasteiger partial charge in [0.25, 0.3) is 0 Å². The summed E-state index contributed by atoms with van der Waals surface area (Å²) >= 11 is 0. The van der Waals surface area contributed by atoms with Crippen molar-refractivity contribution in [3.63, 3.8) is 0 Å². The summed E-state index contributed by atoms with van der Waals surface area (Å²) in [5.41, 5.74) is -2.28. The highest BCUT2D eigenvalue weighted by molar-refractivity contribution is 5.94. The first-order valence-corrected chi connectivity index (χ1v) is 46.3. The van der Waals surface area contributed by atoms with Gasteiger partial charge in [-0.1, -0.05) is 66.7 Å². The maximum atomic E-state index is 12.8. The lowest BCUT2D eigenvalue weighted by Gasteiger charge is -2.45. The Balaban J connectivity index is 0.000000127. The number of benzene rings is 8. The molecule has 13 heterocycles. The van der Waals surface area contributed by atoms with Gasteiger partial charge in [-0.3, -0.25) is 0 Å². The van der Waals surface area contributed by atoms with Gasteiger partial charge in [-0.05, 0) is 191 Å². The van der Waals surface area contributed by atoms with Gasteiger partial charge in [0, 0.05) is 80.0 Å². The number of aromatic hydroxyl groups is 3. The highest BCUT2D eigenvalue weighted by Crippen LogP contribution is 2.47. The molecular formula is C105H100N4O39. The lowest BCUT2D eigenvalue weighted by molar-refractivity contribution is -0.283. The molecule has 21 rings (SSSR count). The number of hydrogen-bond donors (Lipinski definition) is 3. The number of aryl methyl sites for hydroxylation is 3. The van der Waals surface area contributed by atoms with E-state index in [-0.39, 0.29) is 68.3 Å². The molecule has 8 saturated heterocycles. The molecule has 5 aromatic heterocycles. The summed E-state index contributed by atoms with van der Waals surface area (Å²) in [6.07, 6.45) is -15.4. The maximum absolute atomic E-state index is 12.8. The number of methoxy groups -OCH3 is 4. The fraction of sp³-hybridized carbons (Fsp3) is 0.352. The smallest absolute Gasteiger partial charge is 0.508 e. The summed E-state index contributed by atoms with van der Waals surface area (Å²) in [6.45, 7) is 21.4. The number of esters is 1. The van der Waals surface area contributed by atoms with Crippen molar-refractivity contribution in [1.29, 1.82) is 0 Å². The number of hydrogen-bond acceptors (Lipinski definition) is 43. The molecule has 8 aliphatic heterocycles. The highest BCUT2D eigenvalue weighted by atomic mass is 16.8. The Morgan fingerprint density at radius 1 is 0.351 bits per heavy atom. The van der Waals surface area contributed by atoms with Gasteiger partial charge in [-0.25, -0.2) is 47.9 Å². The van der Waals surface area contributed by atoms with Crippen LogP contribution in [0.3, 0.4) is 0 Å². The molecule has 43 nitrogen and oxygen atoms in total. The van der Waals surface area contributed by atoms with Crippen molar-refractivity contribution in [2.24, 2.45) is 20.5 Å². The van der Waals surface area contributed by atoms with Crippen molar-refractivity contribution in [2.45, 2.75) is 204 Å². The second-order valence-corrected chi connectivity index (χ2v) is 36.7. The summed E-state index contributed by atoms with van der Waals surface area (Å²) in [5, 5.41) is 48.8. The number of phenolic OH excluding ortho intramolecular Hbond substituents is 1. The van der Waals surface area contributed by atoms with E-state index in [2.05, 4.69) is 20.5 Å². The predicted octanol–water partition coefficient (Wildman–Crippen LogP) is 17.4. The Morgan fingerprint density at radius 2 is 0.716 bits per heavy atom. The molecule has 4 unspecified atom stereocenters. The number of azo groups is 2. The quantitative estimate of drug-likeness (QED) is 0.0293. The molecule has 13 aromatic rings. The first kappa shape index (κ1) is 103. The lowest BCUT2D eigenvalue weighted by atomic mass is 9.89. The summed E-state index contributed by atoms with van der Waals surface area (Å²) in [7, 11) is 6.04. The number of rotatable bonds is 19. The Bertz CT molecular complexity index is 7630. The molecule has 43 heteroatoms. The third-order valence-electron chi connectivity index (χ3n) is 25.4. The monoisotopic (exact) mass is 2040 g/mol. The summed E-state index contributed by atoms with van der Waals surface area (Å²) < 4.78 is 144. The van der Waals surface area contributed by atoms with Crippen molar-refractivity contribution in [3.8, 4) is 51.4 Å². The van der Waals surface area contributed by atoms with Gasteiger partial charge >= 0.3 is 58.7 Å². The average molecular weight is 2040 g/mol. The second-order valence-electron chi connectivity index (χ2n) is 36.7. The van der Waals surface area contributed by atoms with Crippen LogP contribution in [0.5, 0.6) is 40.2 Å². The van der Waals surface area contributed by atoms with Crippen LogP contribution in [-0.2, 0) is 80.5 Å². The fourth-order valence-corrected chi connectivity index (χ4v) is 18.4. The number of carbonyl (C=O) groups excluding carboxylic acids is 5. The fourth-order valence-electron chi connectivity index (χ4n) is 18.4. The van der Waals surface area contributed by atoms with Crippen LogP contribution in [0.15, 0.2) is 255 Å². The summed E-state index contributed by atoms with van der Waals surface area (Å²) in [6, 6.07) is 52.4. The van der Waals surface area contributed by atoms with Gasteiger partial charge < -0.3 is 137 Å². The Kier molecular flexibility index (Phi) is 29.4. The number of phenols is 1. The van der Waals surface area contributed by atoms with Gasteiger partial charge in [0.05, 0.1) is 56.7 Å². The van der Waals surface area contributed by atoms with Gasteiger partial charge in [0.15, 0.2) is 35.9 Å². The first-order valence-electron chi connectivity index (χ1n) is 46.3. The predicted molar refractivity (Wildman–Crippen MR) is 516 cm³/mol.